The van der Waals surface area contributed by atoms with Gasteiger partial charge in [-0.2, -0.15) is 0 Å². The molecule has 1 fully saturated rings. The van der Waals surface area contributed by atoms with Crippen molar-refractivity contribution in [3.8, 4) is 0 Å². The Labute approximate surface area is 162 Å². The van der Waals surface area contributed by atoms with Crippen molar-refractivity contribution < 1.29 is 4.79 Å². The van der Waals surface area contributed by atoms with E-state index in [-0.39, 0.29) is 5.92 Å². The van der Waals surface area contributed by atoms with Crippen molar-refractivity contribution in [1.82, 2.24) is 10.2 Å². The van der Waals surface area contributed by atoms with Gasteiger partial charge in [-0.1, -0.05) is 61.5 Å². The van der Waals surface area contributed by atoms with Crippen LogP contribution in [0.1, 0.15) is 48.8 Å². The van der Waals surface area contributed by atoms with Gasteiger partial charge in [0, 0.05) is 25.4 Å². The minimum Gasteiger partial charge on any atom is -0.337 e. The van der Waals surface area contributed by atoms with E-state index in [9.17, 15) is 4.79 Å². The summed E-state index contributed by atoms with van der Waals surface area (Å²) in [5.74, 6) is 1.65. The molecule has 3 unspecified atom stereocenters. The van der Waals surface area contributed by atoms with Crippen LogP contribution in [0.4, 0.5) is 0 Å². The highest BCUT2D eigenvalue weighted by atomic mass is 16.2. The van der Waals surface area contributed by atoms with E-state index in [1.165, 1.54) is 29.5 Å². The summed E-state index contributed by atoms with van der Waals surface area (Å²) in [5.41, 5.74) is 3.96. The summed E-state index contributed by atoms with van der Waals surface area (Å²) >= 11 is 0. The first-order chi connectivity index (χ1) is 13.2. The van der Waals surface area contributed by atoms with Crippen molar-refractivity contribution >= 4 is 5.91 Å². The molecular formula is C24H30N2O. The summed E-state index contributed by atoms with van der Waals surface area (Å²) < 4.78 is 0. The first-order valence-electron chi connectivity index (χ1n) is 10.3. The molecule has 0 aliphatic carbocycles. The summed E-state index contributed by atoms with van der Waals surface area (Å²) in [6, 6.07) is 19.2. The van der Waals surface area contributed by atoms with Crippen LogP contribution >= 0.6 is 0 Å². The second-order valence-corrected chi connectivity index (χ2v) is 8.22. The van der Waals surface area contributed by atoms with Gasteiger partial charge in [-0.15, -0.1) is 0 Å². The maximum absolute atomic E-state index is 13.1. The van der Waals surface area contributed by atoms with Gasteiger partial charge in [-0.05, 0) is 54.5 Å². The Morgan fingerprint density at radius 3 is 2.70 bits per heavy atom. The average molecular weight is 363 g/mol. The molecule has 3 nitrogen and oxygen atoms in total. The molecule has 0 radical (unpaired) electrons. The zero-order valence-electron chi connectivity index (χ0n) is 16.2. The number of benzene rings is 2. The predicted molar refractivity (Wildman–Crippen MR) is 110 cm³/mol. The second kappa shape index (κ2) is 8.26. The van der Waals surface area contributed by atoms with Crippen molar-refractivity contribution in [1.29, 1.82) is 0 Å². The number of piperidine rings is 1. The van der Waals surface area contributed by atoms with Crippen LogP contribution in [0.3, 0.4) is 0 Å². The molecule has 4 rings (SSSR count). The number of fused-ring (bicyclic) bond motifs is 1. The van der Waals surface area contributed by atoms with Crippen LogP contribution in [0.2, 0.25) is 0 Å². The fourth-order valence-electron chi connectivity index (χ4n) is 4.70. The third-order valence-electron chi connectivity index (χ3n) is 6.39. The van der Waals surface area contributed by atoms with Gasteiger partial charge in [0.25, 0.3) is 0 Å². The fraction of sp³-hybridized carbons (Fsp3) is 0.458. The number of nitrogens with one attached hydrogen (secondary N) is 1. The summed E-state index contributed by atoms with van der Waals surface area (Å²) in [6.45, 7) is 5.97. The van der Waals surface area contributed by atoms with Crippen LogP contribution in [0.5, 0.6) is 0 Å². The molecule has 142 valence electrons. The zero-order chi connectivity index (χ0) is 18.6. The monoisotopic (exact) mass is 362 g/mol. The smallest absolute Gasteiger partial charge is 0.223 e. The number of amides is 1. The fourth-order valence-corrected chi connectivity index (χ4v) is 4.70. The molecule has 0 saturated carbocycles. The Kier molecular flexibility index (Phi) is 5.58. The van der Waals surface area contributed by atoms with Crippen LogP contribution in [0.25, 0.3) is 0 Å². The van der Waals surface area contributed by atoms with Crippen molar-refractivity contribution in [3.05, 3.63) is 71.3 Å². The molecular weight excluding hydrogens is 332 g/mol. The number of carbonyl (C=O) groups is 1. The Balaban J connectivity index is 1.51. The number of carbonyl (C=O) groups excluding carboxylic acids is 1. The van der Waals surface area contributed by atoms with Gasteiger partial charge >= 0.3 is 0 Å². The third-order valence-corrected chi connectivity index (χ3v) is 6.39. The summed E-state index contributed by atoms with van der Waals surface area (Å²) in [7, 11) is 0. The largest absolute Gasteiger partial charge is 0.337 e. The van der Waals surface area contributed by atoms with Crippen LogP contribution in [-0.2, 0) is 11.3 Å². The molecule has 2 aliphatic heterocycles. The molecule has 0 aromatic heterocycles. The van der Waals surface area contributed by atoms with Gasteiger partial charge in [-0.3, -0.25) is 4.79 Å². The van der Waals surface area contributed by atoms with Crippen LogP contribution in [0, 0.1) is 11.8 Å². The molecule has 3 heteroatoms. The SMILES string of the molecule is CC(CC(=O)N1Cc2ccccc2C(c2ccccc2)C1)C1CCCNC1. The summed E-state index contributed by atoms with van der Waals surface area (Å²) in [4.78, 5) is 15.2. The molecule has 0 bridgehead atoms. The molecule has 27 heavy (non-hydrogen) atoms. The first kappa shape index (κ1) is 18.2. The lowest BCUT2D eigenvalue weighted by atomic mass is 9.83. The third kappa shape index (κ3) is 4.08. The minimum atomic E-state index is 0.270. The van der Waals surface area contributed by atoms with Crippen molar-refractivity contribution in [2.45, 2.75) is 38.6 Å². The van der Waals surface area contributed by atoms with Crippen molar-refractivity contribution in [3.63, 3.8) is 0 Å². The van der Waals surface area contributed by atoms with Crippen LogP contribution in [0.15, 0.2) is 54.6 Å². The topological polar surface area (TPSA) is 32.3 Å². The van der Waals surface area contributed by atoms with Crippen molar-refractivity contribution in [2.75, 3.05) is 19.6 Å². The molecule has 1 N–H and O–H groups in total. The number of hydrogen-bond acceptors (Lipinski definition) is 2. The molecule has 3 atom stereocenters. The van der Waals surface area contributed by atoms with E-state index in [2.05, 4.69) is 71.7 Å². The Hall–Kier alpha value is -2.13. The maximum Gasteiger partial charge on any atom is 0.223 e. The van der Waals surface area contributed by atoms with Crippen LogP contribution in [-0.4, -0.2) is 30.4 Å². The summed E-state index contributed by atoms with van der Waals surface area (Å²) in [6.07, 6.45) is 3.14. The Morgan fingerprint density at radius 2 is 1.93 bits per heavy atom. The molecule has 2 aromatic carbocycles. The van der Waals surface area contributed by atoms with E-state index < -0.39 is 0 Å². The molecule has 1 saturated heterocycles. The quantitative estimate of drug-likeness (QED) is 0.885. The van der Waals surface area contributed by atoms with Crippen LogP contribution < -0.4 is 5.32 Å². The van der Waals surface area contributed by atoms with Gasteiger partial charge in [-0.25, -0.2) is 0 Å². The molecule has 2 aliphatic rings. The number of nitrogens with zero attached hydrogens (tertiary/aromatic N) is 1. The van der Waals surface area contributed by atoms with E-state index in [0.29, 0.717) is 24.2 Å². The molecule has 2 heterocycles. The van der Waals surface area contributed by atoms with E-state index in [1.807, 2.05) is 0 Å². The zero-order valence-corrected chi connectivity index (χ0v) is 16.2. The second-order valence-electron chi connectivity index (χ2n) is 8.22. The van der Waals surface area contributed by atoms with E-state index in [0.717, 1.165) is 26.2 Å². The highest BCUT2D eigenvalue weighted by molar-refractivity contribution is 5.77. The highest BCUT2D eigenvalue weighted by Crippen LogP contribution is 2.34. The van der Waals surface area contributed by atoms with E-state index >= 15 is 0 Å². The lowest BCUT2D eigenvalue weighted by molar-refractivity contribution is -0.133. The van der Waals surface area contributed by atoms with Gasteiger partial charge in [0.1, 0.15) is 0 Å². The Bertz CT molecular complexity index is 767. The number of hydrogen-bond donors (Lipinski definition) is 1. The Morgan fingerprint density at radius 1 is 1.15 bits per heavy atom. The van der Waals surface area contributed by atoms with Gasteiger partial charge in [0.2, 0.25) is 5.91 Å². The normalized spacial score (nSPS) is 23.5. The first-order valence-corrected chi connectivity index (χ1v) is 10.3. The summed E-state index contributed by atoms with van der Waals surface area (Å²) in [5, 5.41) is 3.49. The lowest BCUT2D eigenvalue weighted by Gasteiger charge is -2.36. The van der Waals surface area contributed by atoms with Gasteiger partial charge in [0.05, 0.1) is 0 Å². The van der Waals surface area contributed by atoms with E-state index in [4.69, 9.17) is 0 Å². The molecule has 2 aromatic rings. The highest BCUT2D eigenvalue weighted by Gasteiger charge is 2.30. The van der Waals surface area contributed by atoms with Gasteiger partial charge < -0.3 is 10.2 Å². The van der Waals surface area contributed by atoms with Crippen molar-refractivity contribution in [2.24, 2.45) is 11.8 Å². The predicted octanol–water partition coefficient (Wildman–Crippen LogP) is 4.19. The van der Waals surface area contributed by atoms with Gasteiger partial charge in [0.15, 0.2) is 0 Å². The molecule has 1 amide bonds. The maximum atomic E-state index is 13.1. The molecule has 0 spiro atoms. The minimum absolute atomic E-state index is 0.270. The average Bonchev–Trinajstić information content (AvgIpc) is 2.74. The number of rotatable bonds is 4. The lowest BCUT2D eigenvalue weighted by Crippen LogP contribution is -2.41. The standard InChI is InChI=1S/C24H30N2O/c1-18(20-11-7-13-25-15-20)14-24(27)26-16-21-10-5-6-12-22(21)23(17-26)19-8-3-2-4-9-19/h2-6,8-10,12,18,20,23,25H,7,11,13-17H2,1H3. The van der Waals surface area contributed by atoms with E-state index in [1.54, 1.807) is 0 Å².